The van der Waals surface area contributed by atoms with Crippen LogP contribution >= 0.6 is 0 Å². The standard InChI is InChI=1S/C36H59N11O11/c1-18(2)29(47-33(55)24(15-26(38)50)46-35(57)28(39)20(4)49)36(58)41-16-27(51)43-25(17-48)34(56)44-22(12-8-9-13-37)32(54)42-19(3)31(53)45-23(30(40)52)14-21-10-6-5-7-11-21/h5-7,10-11,18-20,22-25,28-29,48-49H,8-9,12-17,37,39H2,1-4H3,(H2,38,50)(H2,40,52)(H,41,58)(H,42,54)(H,43,51)(H,44,56)(H,45,53)(H,46,57)(H,47,55)/t19-,20+,22-,23-,24-,25-,28-,29-/m0/s1. The summed E-state index contributed by atoms with van der Waals surface area (Å²) in [5.41, 5.74) is 22.6. The molecule has 0 aliphatic carbocycles. The number of carbonyl (C=O) groups is 9. The molecule has 0 unspecified atom stereocenters. The fourth-order valence-corrected chi connectivity index (χ4v) is 5.19. The van der Waals surface area contributed by atoms with Gasteiger partial charge in [0.1, 0.15) is 42.3 Å². The first-order chi connectivity index (χ1) is 27.2. The Hall–Kier alpha value is -5.71. The van der Waals surface area contributed by atoms with Gasteiger partial charge in [0, 0.05) is 6.42 Å². The maximum Gasteiger partial charge on any atom is 0.245 e. The van der Waals surface area contributed by atoms with E-state index in [1.54, 1.807) is 44.2 Å². The lowest BCUT2D eigenvalue weighted by molar-refractivity contribution is -0.135. The van der Waals surface area contributed by atoms with Crippen molar-refractivity contribution in [1.29, 1.82) is 0 Å². The maximum absolute atomic E-state index is 13.3. The molecule has 0 radical (unpaired) electrons. The summed E-state index contributed by atoms with van der Waals surface area (Å²) in [6.07, 6.45) is -0.944. The Morgan fingerprint density at radius 3 is 1.78 bits per heavy atom. The fraction of sp³-hybridized carbons (Fsp3) is 0.583. The van der Waals surface area contributed by atoms with Gasteiger partial charge in [-0.1, -0.05) is 44.2 Å². The summed E-state index contributed by atoms with van der Waals surface area (Å²) in [5, 5.41) is 36.1. The third-order valence-corrected chi connectivity index (χ3v) is 8.64. The van der Waals surface area contributed by atoms with Crippen molar-refractivity contribution >= 4 is 53.2 Å². The van der Waals surface area contributed by atoms with E-state index in [2.05, 4.69) is 37.2 Å². The number of aliphatic hydroxyl groups is 2. The van der Waals surface area contributed by atoms with Crippen LogP contribution in [0.25, 0.3) is 0 Å². The zero-order valence-electron chi connectivity index (χ0n) is 33.1. The Labute approximate surface area is 336 Å². The van der Waals surface area contributed by atoms with Gasteiger partial charge in [-0.15, -0.1) is 0 Å². The summed E-state index contributed by atoms with van der Waals surface area (Å²) in [6.45, 7) is 4.33. The average molecular weight is 822 g/mol. The van der Waals surface area contributed by atoms with Crippen molar-refractivity contribution in [2.75, 3.05) is 19.7 Å². The molecule has 0 aromatic heterocycles. The van der Waals surface area contributed by atoms with E-state index in [1.165, 1.54) is 13.8 Å². The predicted octanol–water partition coefficient (Wildman–Crippen LogP) is -5.88. The number of rotatable bonds is 26. The molecule has 22 nitrogen and oxygen atoms in total. The highest BCUT2D eigenvalue weighted by atomic mass is 16.3. The van der Waals surface area contributed by atoms with Crippen molar-refractivity contribution in [3.63, 3.8) is 0 Å². The molecule has 22 heteroatoms. The number of aliphatic hydroxyl groups excluding tert-OH is 2. The first kappa shape index (κ1) is 50.3. The van der Waals surface area contributed by atoms with Crippen LogP contribution in [0.1, 0.15) is 58.9 Å². The Bertz CT molecular complexity index is 1580. The quantitative estimate of drug-likeness (QED) is 0.0388. The number of benzene rings is 1. The van der Waals surface area contributed by atoms with E-state index in [-0.39, 0.29) is 19.4 Å². The van der Waals surface area contributed by atoms with Crippen LogP contribution in [0.5, 0.6) is 0 Å². The number of primary amides is 2. The molecule has 1 aromatic rings. The third kappa shape index (κ3) is 18.0. The van der Waals surface area contributed by atoms with Crippen molar-refractivity contribution in [2.24, 2.45) is 28.9 Å². The van der Waals surface area contributed by atoms with Gasteiger partial charge >= 0.3 is 0 Å². The van der Waals surface area contributed by atoms with Crippen molar-refractivity contribution in [2.45, 2.75) is 108 Å². The van der Waals surface area contributed by atoms with Gasteiger partial charge in [0.15, 0.2) is 0 Å². The molecule has 0 aliphatic heterocycles. The minimum atomic E-state index is -1.60. The van der Waals surface area contributed by atoms with Gasteiger partial charge < -0.3 is 70.4 Å². The highest BCUT2D eigenvalue weighted by molar-refractivity contribution is 5.98. The second-order valence-corrected chi connectivity index (χ2v) is 14.0. The molecule has 324 valence electrons. The van der Waals surface area contributed by atoms with Crippen molar-refractivity contribution in [3.05, 3.63) is 35.9 Å². The number of amides is 9. The summed E-state index contributed by atoms with van der Waals surface area (Å²) in [5.74, 6) is -8.61. The second-order valence-electron chi connectivity index (χ2n) is 14.0. The van der Waals surface area contributed by atoms with Crippen LogP contribution in [0.4, 0.5) is 0 Å². The molecule has 0 saturated heterocycles. The van der Waals surface area contributed by atoms with Crippen molar-refractivity contribution in [1.82, 2.24) is 37.2 Å². The zero-order chi connectivity index (χ0) is 44.1. The topological polar surface area (TPSA) is 382 Å². The van der Waals surface area contributed by atoms with Crippen LogP contribution < -0.4 is 60.2 Å². The average Bonchev–Trinajstić information content (AvgIpc) is 3.16. The molecule has 0 aliphatic rings. The molecule has 17 N–H and O–H groups in total. The molecule has 0 heterocycles. The highest BCUT2D eigenvalue weighted by Crippen LogP contribution is 2.07. The van der Waals surface area contributed by atoms with E-state index in [4.69, 9.17) is 22.9 Å². The number of unbranched alkanes of at least 4 members (excludes halogenated alkanes) is 1. The second kappa shape index (κ2) is 25.5. The normalized spacial score (nSPS) is 15.1. The molecule has 9 amide bonds. The van der Waals surface area contributed by atoms with E-state index >= 15 is 0 Å². The van der Waals surface area contributed by atoms with E-state index in [9.17, 15) is 53.4 Å². The smallest absolute Gasteiger partial charge is 0.245 e. The lowest BCUT2D eigenvalue weighted by Gasteiger charge is -2.26. The van der Waals surface area contributed by atoms with Gasteiger partial charge in [-0.2, -0.15) is 0 Å². The molecular formula is C36H59N11O11. The van der Waals surface area contributed by atoms with E-state index < -0.39 is 127 Å². The van der Waals surface area contributed by atoms with Gasteiger partial charge in [0.2, 0.25) is 53.2 Å². The van der Waals surface area contributed by atoms with E-state index in [0.717, 1.165) is 5.56 Å². The number of nitrogens with two attached hydrogens (primary N) is 4. The minimum Gasteiger partial charge on any atom is -0.394 e. The molecule has 1 aromatic carbocycles. The first-order valence-corrected chi connectivity index (χ1v) is 18.7. The molecule has 58 heavy (non-hydrogen) atoms. The van der Waals surface area contributed by atoms with Crippen molar-refractivity contribution in [3.8, 4) is 0 Å². The van der Waals surface area contributed by atoms with Gasteiger partial charge in [-0.25, -0.2) is 0 Å². The van der Waals surface area contributed by atoms with Crippen LogP contribution in [0, 0.1) is 5.92 Å². The third-order valence-electron chi connectivity index (χ3n) is 8.64. The van der Waals surface area contributed by atoms with E-state index in [0.29, 0.717) is 12.8 Å². The lowest BCUT2D eigenvalue weighted by atomic mass is 10.0. The van der Waals surface area contributed by atoms with Crippen LogP contribution in [-0.4, -0.2) is 131 Å². The molecule has 0 saturated carbocycles. The van der Waals surface area contributed by atoms with E-state index in [1.807, 2.05) is 0 Å². The summed E-state index contributed by atoms with van der Waals surface area (Å²) in [7, 11) is 0. The summed E-state index contributed by atoms with van der Waals surface area (Å²) < 4.78 is 0. The fourth-order valence-electron chi connectivity index (χ4n) is 5.19. The number of hydrogen-bond donors (Lipinski definition) is 13. The highest BCUT2D eigenvalue weighted by Gasteiger charge is 2.33. The number of carbonyl (C=O) groups excluding carboxylic acids is 9. The largest absolute Gasteiger partial charge is 0.394 e. The Balaban J connectivity index is 2.92. The van der Waals surface area contributed by atoms with Crippen LogP contribution in [-0.2, 0) is 49.6 Å². The van der Waals surface area contributed by atoms with Crippen molar-refractivity contribution < 1.29 is 53.4 Å². The summed E-state index contributed by atoms with van der Waals surface area (Å²) in [4.78, 5) is 114. The molecule has 0 spiro atoms. The van der Waals surface area contributed by atoms with Gasteiger partial charge in [0.25, 0.3) is 0 Å². The minimum absolute atomic E-state index is 0.0584. The zero-order valence-corrected chi connectivity index (χ0v) is 33.1. The van der Waals surface area contributed by atoms with Crippen LogP contribution in [0.3, 0.4) is 0 Å². The molecule has 0 fully saturated rings. The molecule has 0 bridgehead atoms. The summed E-state index contributed by atoms with van der Waals surface area (Å²) in [6, 6.07) is -0.621. The SMILES string of the molecule is CC(C)[C@H](NC(=O)[C@H](CC(N)=O)NC(=O)[C@@H](N)[C@@H](C)O)C(=O)NCC(=O)N[C@@H](CO)C(=O)N[C@@H](CCCCN)C(=O)N[C@@H](C)C(=O)N[C@@H](Cc1ccccc1)C(N)=O. The Kier molecular flexibility index (Phi) is 22.1. The lowest BCUT2D eigenvalue weighted by Crippen LogP contribution is -2.59. The molecule has 8 atom stereocenters. The van der Waals surface area contributed by atoms with Gasteiger partial charge in [-0.3, -0.25) is 43.2 Å². The monoisotopic (exact) mass is 821 g/mol. The molecular weight excluding hydrogens is 762 g/mol. The van der Waals surface area contributed by atoms with Gasteiger partial charge in [-0.05, 0) is 51.1 Å². The number of hydrogen-bond acceptors (Lipinski definition) is 13. The summed E-state index contributed by atoms with van der Waals surface area (Å²) >= 11 is 0. The van der Waals surface area contributed by atoms with Gasteiger partial charge in [0.05, 0.1) is 25.7 Å². The Morgan fingerprint density at radius 2 is 1.24 bits per heavy atom. The molecule has 1 rings (SSSR count). The van der Waals surface area contributed by atoms with Crippen LogP contribution in [0.15, 0.2) is 30.3 Å². The van der Waals surface area contributed by atoms with Crippen LogP contribution in [0.2, 0.25) is 0 Å². The predicted molar refractivity (Wildman–Crippen MR) is 208 cm³/mol. The first-order valence-electron chi connectivity index (χ1n) is 18.7. The number of nitrogens with one attached hydrogen (secondary N) is 7. The Morgan fingerprint density at radius 1 is 0.672 bits per heavy atom. The maximum atomic E-state index is 13.3.